The molecule has 2 N–H and O–H groups in total. The van der Waals surface area contributed by atoms with E-state index in [0.717, 1.165) is 26.2 Å². The Morgan fingerprint density at radius 2 is 1.82 bits per heavy atom. The van der Waals surface area contributed by atoms with Gasteiger partial charge in [0.2, 0.25) is 0 Å². The highest BCUT2D eigenvalue weighted by atomic mass is 16.5. The number of nitrogens with two attached hydrogens (primary N) is 1. The van der Waals surface area contributed by atoms with Crippen LogP contribution in [0.25, 0.3) is 0 Å². The minimum absolute atomic E-state index is 0.574. The molecule has 0 aromatic heterocycles. The fourth-order valence-corrected chi connectivity index (χ4v) is 2.78. The molecule has 0 amide bonds. The molecule has 1 aliphatic heterocycles. The van der Waals surface area contributed by atoms with E-state index < -0.39 is 0 Å². The first-order chi connectivity index (χ1) is 10.7. The summed E-state index contributed by atoms with van der Waals surface area (Å²) in [6.45, 7) is 10.9. The van der Waals surface area contributed by atoms with Crippen LogP contribution < -0.4 is 5.73 Å². The van der Waals surface area contributed by atoms with Crippen LogP contribution in [0.3, 0.4) is 0 Å². The molecule has 0 bridgehead atoms. The highest BCUT2D eigenvalue weighted by molar-refractivity contribution is 5.36. The molecule has 0 aliphatic carbocycles. The first-order valence-electron chi connectivity index (χ1n) is 8.44. The number of nitrogens with zero attached hydrogens (tertiary/aromatic N) is 1. The van der Waals surface area contributed by atoms with Gasteiger partial charge in [0.05, 0.1) is 26.4 Å². The lowest BCUT2D eigenvalue weighted by Crippen LogP contribution is -2.22. The van der Waals surface area contributed by atoms with E-state index in [2.05, 4.69) is 36.9 Å². The number of benzene rings is 1. The molecule has 0 saturated carbocycles. The Hall–Kier alpha value is -0.940. The summed E-state index contributed by atoms with van der Waals surface area (Å²) in [5.74, 6) is 0.649. The second kappa shape index (κ2) is 9.26. The fraction of sp³-hybridized carbons (Fsp3) is 0.667. The first-order valence-corrected chi connectivity index (χ1v) is 8.44. The van der Waals surface area contributed by atoms with E-state index in [4.69, 9.17) is 15.2 Å². The highest BCUT2D eigenvalue weighted by Gasteiger charge is 2.19. The fourth-order valence-electron chi connectivity index (χ4n) is 2.78. The van der Waals surface area contributed by atoms with Crippen LogP contribution in [0.1, 0.15) is 42.9 Å². The molecule has 0 saturated heterocycles. The zero-order valence-corrected chi connectivity index (χ0v) is 14.0. The Balaban J connectivity index is 1.69. The minimum atomic E-state index is 0.574. The summed E-state index contributed by atoms with van der Waals surface area (Å²) in [6, 6.07) is 6.99. The van der Waals surface area contributed by atoms with Crippen molar-refractivity contribution in [1.29, 1.82) is 0 Å². The molecule has 2 rings (SSSR count). The molecule has 1 heterocycles. The lowest BCUT2D eigenvalue weighted by molar-refractivity contribution is 0.0407. The maximum Gasteiger partial charge on any atom is 0.0701 e. The van der Waals surface area contributed by atoms with Gasteiger partial charge in [-0.05, 0) is 29.0 Å². The minimum Gasteiger partial charge on any atom is -0.378 e. The summed E-state index contributed by atoms with van der Waals surface area (Å²) in [4.78, 5) is 2.45. The number of hydrogen-bond acceptors (Lipinski definition) is 4. The molecular formula is C18H30N2O2. The monoisotopic (exact) mass is 306 g/mol. The Morgan fingerprint density at radius 3 is 2.55 bits per heavy atom. The van der Waals surface area contributed by atoms with Crippen LogP contribution in [0.15, 0.2) is 18.2 Å². The zero-order chi connectivity index (χ0) is 15.8. The maximum atomic E-state index is 5.61. The Bertz CT molecular complexity index is 451. The molecular weight excluding hydrogens is 276 g/mol. The van der Waals surface area contributed by atoms with E-state index in [1.165, 1.54) is 23.1 Å². The van der Waals surface area contributed by atoms with Gasteiger partial charge in [0, 0.05) is 26.2 Å². The van der Waals surface area contributed by atoms with E-state index in [-0.39, 0.29) is 0 Å². The maximum absolute atomic E-state index is 5.61. The molecule has 4 nitrogen and oxygen atoms in total. The van der Waals surface area contributed by atoms with Crippen LogP contribution in [-0.4, -0.2) is 44.4 Å². The van der Waals surface area contributed by atoms with Crippen LogP contribution >= 0.6 is 0 Å². The summed E-state index contributed by atoms with van der Waals surface area (Å²) in [6.07, 6.45) is 1.20. The van der Waals surface area contributed by atoms with Crippen molar-refractivity contribution in [3.8, 4) is 0 Å². The summed E-state index contributed by atoms with van der Waals surface area (Å²) >= 11 is 0. The van der Waals surface area contributed by atoms with Crippen molar-refractivity contribution < 1.29 is 9.47 Å². The van der Waals surface area contributed by atoms with Crippen molar-refractivity contribution in [2.24, 2.45) is 5.73 Å². The Morgan fingerprint density at radius 1 is 1.09 bits per heavy atom. The quantitative estimate of drug-likeness (QED) is 0.675. The van der Waals surface area contributed by atoms with Crippen LogP contribution in [0, 0.1) is 0 Å². The van der Waals surface area contributed by atoms with Gasteiger partial charge in [0.1, 0.15) is 0 Å². The van der Waals surface area contributed by atoms with Gasteiger partial charge in [0.25, 0.3) is 0 Å². The van der Waals surface area contributed by atoms with Gasteiger partial charge in [-0.15, -0.1) is 0 Å². The van der Waals surface area contributed by atoms with Crippen molar-refractivity contribution in [3.63, 3.8) is 0 Å². The van der Waals surface area contributed by atoms with Crippen molar-refractivity contribution in [2.45, 2.75) is 39.3 Å². The smallest absolute Gasteiger partial charge is 0.0701 e. The molecule has 22 heavy (non-hydrogen) atoms. The molecule has 0 radical (unpaired) electrons. The molecule has 124 valence electrons. The molecule has 1 aromatic carbocycles. The molecule has 1 aliphatic rings. The van der Waals surface area contributed by atoms with Crippen molar-refractivity contribution in [2.75, 3.05) is 39.5 Å². The number of ether oxygens (including phenoxy) is 2. The second-order valence-electron chi connectivity index (χ2n) is 6.06. The van der Waals surface area contributed by atoms with Gasteiger partial charge in [-0.1, -0.05) is 32.0 Å². The number of rotatable bonds is 10. The molecule has 0 fully saturated rings. The highest BCUT2D eigenvalue weighted by Crippen LogP contribution is 2.27. The van der Waals surface area contributed by atoms with E-state index in [9.17, 15) is 0 Å². The lowest BCUT2D eigenvalue weighted by atomic mass is 9.95. The van der Waals surface area contributed by atoms with Gasteiger partial charge in [-0.3, -0.25) is 4.90 Å². The SMILES string of the molecule is CCC(C)c1ccc2c(c1)CN(CCOCCOCCN)C2. The standard InChI is InChI=1S/C18H30N2O2/c1-3-15(2)16-4-5-17-13-20(14-18(17)12-16)7-9-22-11-10-21-8-6-19/h4-5,12,15H,3,6-11,13-14,19H2,1-2H3. The van der Waals surface area contributed by atoms with E-state index in [1.54, 1.807) is 0 Å². The lowest BCUT2D eigenvalue weighted by Gasteiger charge is -2.14. The van der Waals surface area contributed by atoms with Gasteiger partial charge in [-0.25, -0.2) is 0 Å². The molecule has 1 atom stereocenters. The Labute approximate surface area is 134 Å². The third-order valence-corrected chi connectivity index (χ3v) is 4.39. The van der Waals surface area contributed by atoms with Gasteiger partial charge < -0.3 is 15.2 Å². The number of fused-ring (bicyclic) bond motifs is 1. The summed E-state index contributed by atoms with van der Waals surface area (Å²) < 4.78 is 10.9. The molecule has 1 unspecified atom stereocenters. The van der Waals surface area contributed by atoms with Crippen molar-refractivity contribution in [3.05, 3.63) is 34.9 Å². The summed E-state index contributed by atoms with van der Waals surface area (Å²) in [7, 11) is 0. The molecule has 4 heteroatoms. The topological polar surface area (TPSA) is 47.7 Å². The van der Waals surface area contributed by atoms with Gasteiger partial charge >= 0.3 is 0 Å². The molecule has 1 aromatic rings. The van der Waals surface area contributed by atoms with Crippen molar-refractivity contribution >= 4 is 0 Å². The van der Waals surface area contributed by atoms with Crippen LogP contribution in [0.5, 0.6) is 0 Å². The first kappa shape index (κ1) is 17.4. The predicted octanol–water partition coefficient (Wildman–Crippen LogP) is 2.51. The van der Waals surface area contributed by atoms with Gasteiger partial charge in [-0.2, -0.15) is 0 Å². The average Bonchev–Trinajstić information content (AvgIpc) is 2.95. The molecule has 0 spiro atoms. The van der Waals surface area contributed by atoms with Gasteiger partial charge in [0.15, 0.2) is 0 Å². The zero-order valence-electron chi connectivity index (χ0n) is 14.0. The normalized spacial score (nSPS) is 16.0. The van der Waals surface area contributed by atoms with E-state index >= 15 is 0 Å². The summed E-state index contributed by atoms with van der Waals surface area (Å²) in [5, 5.41) is 0. The second-order valence-corrected chi connectivity index (χ2v) is 6.06. The third-order valence-electron chi connectivity index (χ3n) is 4.39. The van der Waals surface area contributed by atoms with E-state index in [1.807, 2.05) is 0 Å². The average molecular weight is 306 g/mol. The van der Waals surface area contributed by atoms with Crippen molar-refractivity contribution in [1.82, 2.24) is 4.90 Å². The number of hydrogen-bond donors (Lipinski definition) is 1. The van der Waals surface area contributed by atoms with Crippen LogP contribution in [0.2, 0.25) is 0 Å². The third kappa shape index (κ3) is 5.06. The predicted molar refractivity (Wildman–Crippen MR) is 90.0 cm³/mol. The van der Waals surface area contributed by atoms with Crippen LogP contribution in [0.4, 0.5) is 0 Å². The van der Waals surface area contributed by atoms with E-state index in [0.29, 0.717) is 32.3 Å². The Kier molecular flexibility index (Phi) is 7.33. The van der Waals surface area contributed by atoms with Crippen LogP contribution in [-0.2, 0) is 22.6 Å². The summed E-state index contributed by atoms with van der Waals surface area (Å²) in [5.41, 5.74) is 9.79. The largest absolute Gasteiger partial charge is 0.378 e.